The number of hydrogen-bond acceptors (Lipinski definition) is 10. The highest BCUT2D eigenvalue weighted by Crippen LogP contribution is 2.40. The molecule has 2 aromatic heterocycles. The van der Waals surface area contributed by atoms with Crippen LogP contribution in [0.2, 0.25) is 0 Å². The van der Waals surface area contributed by atoms with Gasteiger partial charge in [-0.05, 0) is 12.5 Å². The molecule has 4 heterocycles. The van der Waals surface area contributed by atoms with Gasteiger partial charge in [-0.1, -0.05) is 5.16 Å². The number of carboxylic acids is 1. The number of thioether (sulfide) groups is 1. The van der Waals surface area contributed by atoms with Crippen molar-refractivity contribution in [3.8, 4) is 0 Å². The number of nitrogens with one attached hydrogen (secondary N) is 1. The highest BCUT2D eigenvalue weighted by atomic mass is 32.2. The predicted molar refractivity (Wildman–Crippen MR) is 119 cm³/mol. The Morgan fingerprint density at radius 2 is 2.15 bits per heavy atom. The van der Waals surface area contributed by atoms with Crippen LogP contribution in [0.15, 0.2) is 41.0 Å². The zero-order chi connectivity index (χ0) is 23.7. The Kier molecular flexibility index (Phi) is 6.29. The number of oxime groups is 1. The van der Waals surface area contributed by atoms with Crippen LogP contribution in [0.3, 0.4) is 0 Å². The molecule has 12 nitrogen and oxygen atoms in total. The maximum absolute atomic E-state index is 12.9. The number of fused-ring (bicyclic) bond motifs is 1. The Morgan fingerprint density at radius 1 is 1.42 bits per heavy atom. The van der Waals surface area contributed by atoms with Gasteiger partial charge in [0, 0.05) is 35.0 Å². The molecule has 2 aliphatic heterocycles. The number of aryl methyl sites for hydroxylation is 1. The van der Waals surface area contributed by atoms with Crippen LogP contribution in [0.5, 0.6) is 0 Å². The van der Waals surface area contributed by atoms with E-state index in [1.165, 1.54) is 23.8 Å². The van der Waals surface area contributed by atoms with Gasteiger partial charge in [0.1, 0.15) is 24.2 Å². The molecule has 0 saturated carbocycles. The molecule has 1 unspecified atom stereocenters. The number of anilines is 1. The summed E-state index contributed by atoms with van der Waals surface area (Å²) >= 11 is 2.27. The number of nitrogens with two attached hydrogens (primary N) is 1. The summed E-state index contributed by atoms with van der Waals surface area (Å²) in [5, 5.41) is 15.7. The van der Waals surface area contributed by atoms with E-state index < -0.39 is 29.2 Å². The van der Waals surface area contributed by atoms with Gasteiger partial charge in [0.25, 0.3) is 11.8 Å². The number of carbonyl (C=O) groups is 3. The van der Waals surface area contributed by atoms with Crippen molar-refractivity contribution in [2.45, 2.75) is 24.9 Å². The molecule has 33 heavy (non-hydrogen) atoms. The van der Waals surface area contributed by atoms with Crippen molar-refractivity contribution in [2.75, 3.05) is 18.6 Å². The van der Waals surface area contributed by atoms with Gasteiger partial charge in [0.15, 0.2) is 24.1 Å². The topological polar surface area (TPSA) is 164 Å². The molecule has 0 spiro atoms. The first-order valence-corrected chi connectivity index (χ1v) is 11.5. The van der Waals surface area contributed by atoms with Gasteiger partial charge in [-0.3, -0.25) is 14.5 Å². The van der Waals surface area contributed by atoms with Gasteiger partial charge in [-0.15, -0.1) is 11.8 Å². The smallest absolute Gasteiger partial charge is 0.352 e. The lowest BCUT2D eigenvalue weighted by Crippen LogP contribution is -2.71. The number of nitrogens with zero attached hydrogens (tertiary/aromatic N) is 5. The number of hydrogen-bond donors (Lipinski definition) is 3. The molecule has 0 radical (unpaired) electrons. The average molecular weight is 491 g/mol. The van der Waals surface area contributed by atoms with Crippen molar-refractivity contribution in [1.29, 1.82) is 0 Å². The molecule has 2 aromatic rings. The van der Waals surface area contributed by atoms with Crippen LogP contribution in [0.4, 0.5) is 5.13 Å². The molecule has 4 N–H and O–H groups in total. The predicted octanol–water partition coefficient (Wildman–Crippen LogP) is -0.494. The van der Waals surface area contributed by atoms with Crippen molar-refractivity contribution in [3.63, 3.8) is 0 Å². The van der Waals surface area contributed by atoms with Crippen LogP contribution in [0, 0.1) is 6.92 Å². The summed E-state index contributed by atoms with van der Waals surface area (Å²) in [6, 6.07) is 2.91. The average Bonchev–Trinajstić information content (AvgIpc) is 3.22. The monoisotopic (exact) mass is 490 g/mol. The van der Waals surface area contributed by atoms with E-state index >= 15 is 0 Å². The number of rotatable bonds is 7. The van der Waals surface area contributed by atoms with Crippen molar-refractivity contribution in [1.82, 2.24) is 19.6 Å². The molecule has 0 bridgehead atoms. The van der Waals surface area contributed by atoms with Crippen molar-refractivity contribution in [2.24, 2.45) is 5.16 Å². The zero-order valence-electron chi connectivity index (χ0n) is 17.6. The fourth-order valence-corrected chi connectivity index (χ4v) is 5.25. The Balaban J connectivity index is 1.53. The second-order valence-electron chi connectivity index (χ2n) is 7.24. The van der Waals surface area contributed by atoms with Crippen LogP contribution in [0.25, 0.3) is 0 Å². The van der Waals surface area contributed by atoms with E-state index in [4.69, 9.17) is 10.6 Å². The Hall–Kier alpha value is -3.52. The van der Waals surface area contributed by atoms with E-state index in [9.17, 15) is 19.5 Å². The van der Waals surface area contributed by atoms with E-state index in [1.54, 1.807) is 0 Å². The largest absolute Gasteiger partial charge is 0.477 e. The molecule has 1 saturated heterocycles. The summed E-state index contributed by atoms with van der Waals surface area (Å²) in [5.74, 6) is -2.07. The number of β-lactam (4-membered cyclic amide) rings is 1. The highest BCUT2D eigenvalue weighted by molar-refractivity contribution is 8.00. The number of carbonyl (C=O) groups excluding carboxylic acids is 2. The van der Waals surface area contributed by atoms with E-state index in [0.717, 1.165) is 17.1 Å². The lowest BCUT2D eigenvalue weighted by Gasteiger charge is -2.49. The summed E-state index contributed by atoms with van der Waals surface area (Å²) < 4.78 is 5.80. The van der Waals surface area contributed by atoms with Crippen LogP contribution in [-0.4, -0.2) is 67.1 Å². The molecule has 2 aliphatic rings. The second kappa shape index (κ2) is 9.15. The molecule has 14 heteroatoms. The maximum atomic E-state index is 12.9. The molecule has 4 rings (SSSR count). The Labute approximate surface area is 196 Å². The molecule has 0 aromatic carbocycles. The zero-order valence-corrected chi connectivity index (χ0v) is 19.2. The molecular weight excluding hydrogens is 470 g/mol. The minimum atomic E-state index is -1.19. The van der Waals surface area contributed by atoms with E-state index in [1.807, 2.05) is 36.0 Å². The lowest BCUT2D eigenvalue weighted by atomic mass is 10.0. The van der Waals surface area contributed by atoms with Gasteiger partial charge < -0.3 is 21.0 Å². The first kappa shape index (κ1) is 22.7. The van der Waals surface area contributed by atoms with E-state index in [-0.39, 0.29) is 22.4 Å². The third-order valence-electron chi connectivity index (χ3n) is 5.02. The third-order valence-corrected chi connectivity index (χ3v) is 6.90. The molecule has 1 fully saturated rings. The summed E-state index contributed by atoms with van der Waals surface area (Å²) in [4.78, 5) is 47.5. The number of aliphatic carboxylic acids is 1. The molecular formula is C19H20N7O5S2+. The van der Waals surface area contributed by atoms with Crippen LogP contribution in [0.1, 0.15) is 11.4 Å². The van der Waals surface area contributed by atoms with Crippen molar-refractivity contribution >= 4 is 51.9 Å². The standard InChI is InChI=1S/C19H19N7O5S2/c1-9-3-5-25(6-4-9)7-10-8-32-17-12(16(28)26(17)13(10)18(29)30)21-15(27)11(23-31-2)14-22-19(20)33-24-14/h3-6,12,17H,7-8H2,1-2H3,(H3-,20,21,22,24,27,29,30)/p+1/t12?,17-/m0/s1. The second-order valence-corrected chi connectivity index (χ2v) is 9.13. The summed E-state index contributed by atoms with van der Waals surface area (Å²) in [6.45, 7) is 2.30. The van der Waals surface area contributed by atoms with E-state index in [0.29, 0.717) is 17.9 Å². The van der Waals surface area contributed by atoms with Gasteiger partial charge in [-0.2, -0.15) is 9.36 Å². The van der Waals surface area contributed by atoms with Crippen LogP contribution in [-0.2, 0) is 25.8 Å². The fraction of sp³-hybridized carbons (Fsp3) is 0.316. The maximum Gasteiger partial charge on any atom is 0.352 e. The summed E-state index contributed by atoms with van der Waals surface area (Å²) in [6.07, 6.45) is 3.71. The number of carboxylic acid groups (broad SMARTS) is 1. The summed E-state index contributed by atoms with van der Waals surface area (Å²) in [5.41, 5.74) is 6.98. The number of nitrogen functional groups attached to an aromatic ring is 1. The minimum absolute atomic E-state index is 0.0275. The fourth-order valence-electron chi connectivity index (χ4n) is 3.48. The van der Waals surface area contributed by atoms with Crippen molar-refractivity contribution in [3.05, 3.63) is 47.2 Å². The highest BCUT2D eigenvalue weighted by Gasteiger charge is 2.54. The third kappa shape index (κ3) is 4.39. The lowest BCUT2D eigenvalue weighted by molar-refractivity contribution is -0.689. The normalized spacial score (nSPS) is 20.2. The van der Waals surface area contributed by atoms with Gasteiger partial charge in [0.2, 0.25) is 11.5 Å². The summed E-state index contributed by atoms with van der Waals surface area (Å²) in [7, 11) is 1.26. The number of amides is 2. The molecule has 0 aliphatic carbocycles. The van der Waals surface area contributed by atoms with Gasteiger partial charge >= 0.3 is 5.97 Å². The molecule has 2 atom stereocenters. The van der Waals surface area contributed by atoms with Gasteiger partial charge in [0.05, 0.1) is 0 Å². The first-order valence-electron chi connectivity index (χ1n) is 9.67. The quantitative estimate of drug-likeness (QED) is 0.201. The van der Waals surface area contributed by atoms with Crippen molar-refractivity contribution < 1.29 is 28.9 Å². The Morgan fingerprint density at radius 3 is 2.76 bits per heavy atom. The first-order chi connectivity index (χ1) is 15.8. The Bertz CT molecular complexity index is 1180. The van der Waals surface area contributed by atoms with Gasteiger partial charge in [-0.25, -0.2) is 9.36 Å². The van der Waals surface area contributed by atoms with Crippen LogP contribution < -0.4 is 15.6 Å². The van der Waals surface area contributed by atoms with E-state index in [2.05, 4.69) is 19.8 Å². The number of aromatic nitrogens is 3. The number of pyridine rings is 1. The SMILES string of the molecule is CON=C(C(=O)NC1C(=O)N2C(C(=O)O)=C(C[n+]3ccc(C)cc3)CS[C@@H]12)c1nsc(N)n1. The molecule has 2 amide bonds. The van der Waals surface area contributed by atoms with Crippen LogP contribution >= 0.6 is 23.3 Å². The molecule has 172 valence electrons. The minimum Gasteiger partial charge on any atom is -0.477 e.